The number of rotatable bonds is 11. The number of ketones is 1. The van der Waals surface area contributed by atoms with Crippen molar-refractivity contribution in [2.45, 2.75) is 13.0 Å². The van der Waals surface area contributed by atoms with Gasteiger partial charge in [-0.05, 0) is 25.1 Å². The Morgan fingerprint density at radius 2 is 2.09 bits per heavy atom. The Labute approximate surface area is 131 Å². The molecule has 0 aliphatic rings. The lowest BCUT2D eigenvalue weighted by Crippen LogP contribution is -2.31. The minimum absolute atomic E-state index is 0.0866. The lowest BCUT2D eigenvalue weighted by Gasteiger charge is -2.15. The second-order valence-electron chi connectivity index (χ2n) is 4.85. The third-order valence-corrected chi connectivity index (χ3v) is 2.91. The lowest BCUT2D eigenvalue weighted by atomic mass is 10.1. The molecule has 0 aliphatic carbocycles. The van der Waals surface area contributed by atoms with Crippen molar-refractivity contribution in [1.29, 1.82) is 0 Å². The second kappa shape index (κ2) is 9.76. The number of carbonyl (C=O) groups is 1. The molecule has 3 N–H and O–H groups in total. The highest BCUT2D eigenvalue weighted by molar-refractivity contribution is 5.97. The zero-order chi connectivity index (χ0) is 16.4. The summed E-state index contributed by atoms with van der Waals surface area (Å²) in [4.78, 5) is 11.7. The molecule has 1 aromatic carbocycles. The zero-order valence-corrected chi connectivity index (χ0v) is 13.0. The van der Waals surface area contributed by atoms with E-state index in [2.05, 4.69) is 23.8 Å². The number of hydrogen-bond donors (Lipinski definition) is 3. The minimum Gasteiger partial charge on any atom is -0.490 e. The molecule has 5 nitrogen and oxygen atoms in total. The number of hydrogen-bond acceptors (Lipinski definition) is 5. The number of Topliss-reactive ketones (excluding diaryl/α,β-unsaturated/α-hetero) is 1. The summed E-state index contributed by atoms with van der Waals surface area (Å²) in [7, 11) is 0. The summed E-state index contributed by atoms with van der Waals surface area (Å²) in [5.41, 5.74) is 1.31. The fourth-order valence-electron chi connectivity index (χ4n) is 1.83. The number of ether oxygens (including phenoxy) is 1. The average Bonchev–Trinajstić information content (AvgIpc) is 2.51. The fraction of sp³-hybridized carbons (Fsp3) is 0.353. The Morgan fingerprint density at radius 3 is 2.73 bits per heavy atom. The summed E-state index contributed by atoms with van der Waals surface area (Å²) in [6, 6.07) is 5.29. The summed E-state index contributed by atoms with van der Waals surface area (Å²) >= 11 is 0. The van der Waals surface area contributed by atoms with E-state index in [1.807, 2.05) is 6.07 Å². The quantitative estimate of drug-likeness (QED) is 0.331. The van der Waals surface area contributed by atoms with Crippen LogP contribution in [0.5, 0.6) is 5.75 Å². The van der Waals surface area contributed by atoms with Crippen LogP contribution in [-0.4, -0.2) is 43.2 Å². The van der Waals surface area contributed by atoms with Crippen LogP contribution >= 0.6 is 0 Å². The molecule has 0 heterocycles. The summed E-state index contributed by atoms with van der Waals surface area (Å²) in [6.45, 7) is 10.5. The van der Waals surface area contributed by atoms with Gasteiger partial charge in [-0.3, -0.25) is 4.79 Å². The van der Waals surface area contributed by atoms with E-state index in [1.165, 1.54) is 6.92 Å². The monoisotopic (exact) mass is 304 g/mol. The molecule has 1 unspecified atom stereocenters. The second-order valence-corrected chi connectivity index (χ2v) is 4.85. The van der Waals surface area contributed by atoms with Gasteiger partial charge in [0, 0.05) is 25.3 Å². The van der Waals surface area contributed by atoms with E-state index in [1.54, 1.807) is 24.3 Å². The first kappa shape index (κ1) is 17.9. The van der Waals surface area contributed by atoms with Crippen molar-refractivity contribution >= 4 is 11.5 Å². The van der Waals surface area contributed by atoms with E-state index in [9.17, 15) is 9.90 Å². The standard InChI is InChI=1S/C17H24N2O3/c1-4-8-18-11-15(21)12-22-17-7-6-14(19-9-5-2)10-16(17)13(3)20/h4-7,10,15,18-19,21H,1-2,8-9,11-12H2,3H3. The van der Waals surface area contributed by atoms with E-state index >= 15 is 0 Å². The molecule has 1 aromatic rings. The average molecular weight is 304 g/mol. The van der Waals surface area contributed by atoms with Crippen LogP contribution in [0, 0.1) is 0 Å². The van der Waals surface area contributed by atoms with Crippen LogP contribution in [0.1, 0.15) is 17.3 Å². The molecule has 1 atom stereocenters. The molecule has 120 valence electrons. The predicted octanol–water partition coefficient (Wildman–Crippen LogP) is 2.00. The topological polar surface area (TPSA) is 70.6 Å². The van der Waals surface area contributed by atoms with Gasteiger partial charge >= 0.3 is 0 Å². The number of aliphatic hydroxyl groups excluding tert-OH is 1. The molecule has 22 heavy (non-hydrogen) atoms. The predicted molar refractivity (Wildman–Crippen MR) is 89.7 cm³/mol. The maximum Gasteiger partial charge on any atom is 0.163 e. The Balaban J connectivity index is 2.66. The molecule has 5 heteroatoms. The summed E-state index contributed by atoms with van der Waals surface area (Å²) < 4.78 is 5.57. The molecule has 0 fully saturated rings. The highest BCUT2D eigenvalue weighted by atomic mass is 16.5. The first-order valence-corrected chi connectivity index (χ1v) is 7.20. The van der Waals surface area contributed by atoms with Crippen LogP contribution in [0.3, 0.4) is 0 Å². The molecule has 0 aromatic heterocycles. The zero-order valence-electron chi connectivity index (χ0n) is 13.0. The molecule has 0 spiro atoms. The fourth-order valence-corrected chi connectivity index (χ4v) is 1.83. The van der Waals surface area contributed by atoms with Crippen LogP contribution in [-0.2, 0) is 0 Å². The van der Waals surface area contributed by atoms with Gasteiger partial charge in [-0.25, -0.2) is 0 Å². The van der Waals surface area contributed by atoms with Gasteiger partial charge in [-0.15, -0.1) is 13.2 Å². The van der Waals surface area contributed by atoms with Gasteiger partial charge < -0.3 is 20.5 Å². The van der Waals surface area contributed by atoms with Gasteiger partial charge in [0.15, 0.2) is 5.78 Å². The number of carbonyl (C=O) groups excluding carboxylic acids is 1. The van der Waals surface area contributed by atoms with E-state index < -0.39 is 6.10 Å². The highest BCUT2D eigenvalue weighted by Crippen LogP contribution is 2.23. The Bertz CT molecular complexity index is 515. The van der Waals surface area contributed by atoms with Crippen LogP contribution in [0.2, 0.25) is 0 Å². The molecule has 0 saturated heterocycles. The first-order valence-electron chi connectivity index (χ1n) is 7.20. The maximum atomic E-state index is 11.7. The molecular weight excluding hydrogens is 280 g/mol. The van der Waals surface area contributed by atoms with Crippen LogP contribution in [0.4, 0.5) is 5.69 Å². The number of nitrogens with one attached hydrogen (secondary N) is 2. The van der Waals surface area contributed by atoms with Gasteiger partial charge in [-0.1, -0.05) is 12.2 Å². The summed E-state index contributed by atoms with van der Waals surface area (Å²) in [5.74, 6) is 0.385. The third-order valence-electron chi connectivity index (χ3n) is 2.91. The first-order chi connectivity index (χ1) is 10.6. The van der Waals surface area contributed by atoms with Gasteiger partial charge in [0.2, 0.25) is 0 Å². The van der Waals surface area contributed by atoms with Gasteiger partial charge in [-0.2, -0.15) is 0 Å². The lowest BCUT2D eigenvalue weighted by molar-refractivity contribution is 0.0976. The van der Waals surface area contributed by atoms with Crippen molar-refractivity contribution in [2.24, 2.45) is 0 Å². The molecule has 0 bridgehead atoms. The van der Waals surface area contributed by atoms with Gasteiger partial charge in [0.1, 0.15) is 18.5 Å². The minimum atomic E-state index is -0.654. The highest BCUT2D eigenvalue weighted by Gasteiger charge is 2.12. The van der Waals surface area contributed by atoms with Crippen LogP contribution < -0.4 is 15.4 Å². The molecule has 0 aliphatic heterocycles. The smallest absolute Gasteiger partial charge is 0.163 e. The number of aliphatic hydroxyl groups is 1. The van der Waals surface area contributed by atoms with Gasteiger partial charge in [0.05, 0.1) is 5.56 Å². The molecule has 0 amide bonds. The van der Waals surface area contributed by atoms with Crippen LogP contribution in [0.15, 0.2) is 43.5 Å². The molecule has 0 radical (unpaired) electrons. The summed E-state index contributed by atoms with van der Waals surface area (Å²) in [5, 5.41) is 15.9. The Morgan fingerprint density at radius 1 is 1.36 bits per heavy atom. The number of anilines is 1. The van der Waals surface area contributed by atoms with Crippen molar-refractivity contribution in [3.63, 3.8) is 0 Å². The van der Waals surface area contributed by atoms with Crippen molar-refractivity contribution in [2.75, 3.05) is 31.6 Å². The van der Waals surface area contributed by atoms with Crippen molar-refractivity contribution in [1.82, 2.24) is 5.32 Å². The maximum absolute atomic E-state index is 11.7. The van der Waals surface area contributed by atoms with Crippen molar-refractivity contribution in [3.05, 3.63) is 49.1 Å². The SMILES string of the molecule is C=CCNCC(O)COc1ccc(NCC=C)cc1C(C)=O. The Kier molecular flexibility index (Phi) is 7.96. The number of benzene rings is 1. The van der Waals surface area contributed by atoms with E-state index in [0.29, 0.717) is 30.9 Å². The summed E-state index contributed by atoms with van der Waals surface area (Å²) in [6.07, 6.45) is 2.80. The largest absolute Gasteiger partial charge is 0.490 e. The van der Waals surface area contributed by atoms with Crippen LogP contribution in [0.25, 0.3) is 0 Å². The molecule has 0 saturated carbocycles. The van der Waals surface area contributed by atoms with Crippen molar-refractivity contribution < 1.29 is 14.6 Å². The third kappa shape index (κ3) is 6.11. The molecular formula is C17H24N2O3. The normalized spacial score (nSPS) is 11.5. The Hall–Kier alpha value is -2.11. The van der Waals surface area contributed by atoms with E-state index in [-0.39, 0.29) is 12.4 Å². The van der Waals surface area contributed by atoms with E-state index in [4.69, 9.17) is 4.74 Å². The van der Waals surface area contributed by atoms with E-state index in [0.717, 1.165) is 5.69 Å². The molecule has 1 rings (SSSR count). The van der Waals surface area contributed by atoms with Gasteiger partial charge in [0.25, 0.3) is 0 Å². The van der Waals surface area contributed by atoms with Crippen molar-refractivity contribution in [3.8, 4) is 5.75 Å².